The first-order valence-electron chi connectivity index (χ1n) is 10.5. The molecule has 4 aliphatic rings. The maximum absolute atomic E-state index is 12.0. The lowest BCUT2D eigenvalue weighted by molar-refractivity contribution is -0.119. The number of carbonyl (C=O) groups is 1. The van der Waals surface area contributed by atoms with Crippen LogP contribution in [0, 0.1) is 41.4 Å². The number of rotatable bonds is 3. The van der Waals surface area contributed by atoms with Crippen LogP contribution in [0.25, 0.3) is 0 Å². The third-order valence-corrected chi connectivity index (χ3v) is 8.45. The molecule has 0 aromatic carbocycles. The molecule has 0 amide bonds. The van der Waals surface area contributed by atoms with Gasteiger partial charge in [0, 0.05) is 18.3 Å². The molecule has 2 fully saturated rings. The van der Waals surface area contributed by atoms with Crippen molar-refractivity contribution in [2.45, 2.75) is 76.7 Å². The number of ketones is 1. The number of terminal acetylenes is 1. The normalized spacial score (nSPS) is 44.7. The van der Waals surface area contributed by atoms with Crippen molar-refractivity contribution in [3.8, 4) is 12.3 Å². The van der Waals surface area contributed by atoms with Gasteiger partial charge < -0.3 is 5.11 Å². The molecule has 0 saturated heterocycles. The highest BCUT2D eigenvalue weighted by atomic mass is 16.3. The zero-order valence-electron chi connectivity index (χ0n) is 16.1. The fraction of sp³-hybridized carbons (Fsp3) is 0.708. The Labute approximate surface area is 158 Å². The van der Waals surface area contributed by atoms with Crippen molar-refractivity contribution in [1.29, 1.82) is 0 Å². The quantitative estimate of drug-likeness (QED) is 0.583. The van der Waals surface area contributed by atoms with Crippen LogP contribution in [-0.4, -0.2) is 16.5 Å². The van der Waals surface area contributed by atoms with Crippen molar-refractivity contribution in [2.24, 2.45) is 29.1 Å². The van der Waals surface area contributed by atoms with Crippen molar-refractivity contribution in [3.05, 3.63) is 23.8 Å². The molecule has 4 aliphatic carbocycles. The Kier molecular flexibility index (Phi) is 4.43. The van der Waals surface area contributed by atoms with E-state index in [1.165, 1.54) is 12.0 Å². The third-order valence-electron chi connectivity index (χ3n) is 8.45. The number of carbonyl (C=O) groups excluding carboxylic acids is 1. The van der Waals surface area contributed by atoms with Gasteiger partial charge in [0.15, 0.2) is 0 Å². The maximum atomic E-state index is 12.0. The highest BCUT2D eigenvalue weighted by Gasteiger charge is 2.63. The molecule has 3 unspecified atom stereocenters. The smallest absolute Gasteiger partial charge is 0.137 e. The zero-order valence-corrected chi connectivity index (χ0v) is 16.1. The molecule has 0 bridgehead atoms. The van der Waals surface area contributed by atoms with Crippen molar-refractivity contribution in [1.82, 2.24) is 0 Å². The van der Waals surface area contributed by atoms with Gasteiger partial charge in [0.05, 0.1) is 0 Å². The first-order chi connectivity index (χ1) is 12.4. The summed E-state index contributed by atoms with van der Waals surface area (Å²) in [5.41, 5.74) is 1.96. The number of aliphatic hydroxyl groups is 1. The molecule has 0 radical (unpaired) electrons. The van der Waals surface area contributed by atoms with Crippen molar-refractivity contribution < 1.29 is 9.90 Å². The fourth-order valence-corrected chi connectivity index (χ4v) is 7.21. The van der Waals surface area contributed by atoms with Gasteiger partial charge in [-0.1, -0.05) is 30.1 Å². The SMILES string of the molecule is C#C[C@]1(O)CCC2C3CCC4=C(CCC(=O)C4)C3[C@@H](CCC=C)C[C@@]21C. The number of Topliss-reactive ketones (excluding diaryl/α,β-unsaturated/α-hetero) is 1. The van der Waals surface area contributed by atoms with E-state index >= 15 is 0 Å². The molecule has 0 aliphatic heterocycles. The van der Waals surface area contributed by atoms with E-state index in [1.807, 2.05) is 6.08 Å². The summed E-state index contributed by atoms with van der Waals surface area (Å²) >= 11 is 0. The summed E-state index contributed by atoms with van der Waals surface area (Å²) in [4.78, 5) is 12.0. The summed E-state index contributed by atoms with van der Waals surface area (Å²) in [6.45, 7) is 6.19. The molecule has 6 atom stereocenters. The average Bonchev–Trinajstić information content (AvgIpc) is 2.90. The molecule has 0 spiro atoms. The van der Waals surface area contributed by atoms with Crippen LogP contribution in [0.4, 0.5) is 0 Å². The van der Waals surface area contributed by atoms with Gasteiger partial charge in [-0.3, -0.25) is 4.79 Å². The van der Waals surface area contributed by atoms with Gasteiger partial charge in [-0.05, 0) is 75.0 Å². The largest absolute Gasteiger partial charge is 0.377 e. The molecule has 0 aromatic heterocycles. The van der Waals surface area contributed by atoms with Crippen LogP contribution >= 0.6 is 0 Å². The Bertz CT molecular complexity index is 695. The molecule has 2 heteroatoms. The van der Waals surface area contributed by atoms with E-state index in [4.69, 9.17) is 6.42 Å². The van der Waals surface area contributed by atoms with Gasteiger partial charge in [0.1, 0.15) is 11.4 Å². The van der Waals surface area contributed by atoms with Crippen LogP contribution in [-0.2, 0) is 4.79 Å². The van der Waals surface area contributed by atoms with E-state index in [-0.39, 0.29) is 5.41 Å². The first kappa shape index (κ1) is 18.1. The van der Waals surface area contributed by atoms with Crippen molar-refractivity contribution >= 4 is 5.78 Å². The second kappa shape index (κ2) is 6.38. The number of hydrogen-bond donors (Lipinski definition) is 1. The minimum absolute atomic E-state index is 0.169. The molecule has 0 heterocycles. The topological polar surface area (TPSA) is 37.3 Å². The fourth-order valence-electron chi connectivity index (χ4n) is 7.21. The molecule has 140 valence electrons. The summed E-state index contributed by atoms with van der Waals surface area (Å²) in [7, 11) is 0. The number of hydrogen-bond acceptors (Lipinski definition) is 2. The highest BCUT2D eigenvalue weighted by Crippen LogP contribution is 2.66. The molecule has 4 rings (SSSR count). The Morgan fingerprint density at radius 1 is 1.35 bits per heavy atom. The van der Waals surface area contributed by atoms with E-state index in [0.29, 0.717) is 35.9 Å². The second-order valence-electron chi connectivity index (χ2n) is 9.47. The van der Waals surface area contributed by atoms with Crippen LogP contribution < -0.4 is 0 Å². The van der Waals surface area contributed by atoms with E-state index < -0.39 is 5.60 Å². The standard InChI is InChI=1S/C24H32O2/c1-4-6-7-17-15-23(3)21(12-13-24(23,26)5-2)20-10-8-16-14-18(25)9-11-19(16)22(17)20/h2,4,17,20-22,26H,1,6-15H2,3H3/t17-,20?,21?,22?,23-,24-/m0/s1. The van der Waals surface area contributed by atoms with Crippen LogP contribution in [0.3, 0.4) is 0 Å². The van der Waals surface area contributed by atoms with Gasteiger partial charge in [0.2, 0.25) is 0 Å². The van der Waals surface area contributed by atoms with E-state index in [9.17, 15) is 9.90 Å². The molecular weight excluding hydrogens is 320 g/mol. The predicted molar refractivity (Wildman–Crippen MR) is 104 cm³/mol. The van der Waals surface area contributed by atoms with Gasteiger partial charge in [0.25, 0.3) is 0 Å². The Hall–Kier alpha value is -1.33. The van der Waals surface area contributed by atoms with E-state index in [2.05, 4.69) is 19.4 Å². The molecule has 26 heavy (non-hydrogen) atoms. The van der Waals surface area contributed by atoms with Crippen LogP contribution in [0.15, 0.2) is 23.8 Å². The first-order valence-corrected chi connectivity index (χ1v) is 10.5. The Morgan fingerprint density at radius 3 is 2.88 bits per heavy atom. The summed E-state index contributed by atoms with van der Waals surface area (Å²) in [5, 5.41) is 11.2. The molecule has 1 N–H and O–H groups in total. The molecule has 2 nitrogen and oxygen atoms in total. The summed E-state index contributed by atoms with van der Waals surface area (Å²) < 4.78 is 0. The van der Waals surface area contributed by atoms with Crippen LogP contribution in [0.1, 0.15) is 71.1 Å². The minimum atomic E-state index is -0.952. The van der Waals surface area contributed by atoms with Crippen molar-refractivity contribution in [3.63, 3.8) is 0 Å². The molecule has 0 aromatic rings. The van der Waals surface area contributed by atoms with Gasteiger partial charge in [-0.25, -0.2) is 0 Å². The minimum Gasteiger partial charge on any atom is -0.377 e. The van der Waals surface area contributed by atoms with E-state index in [1.54, 1.807) is 5.57 Å². The lowest BCUT2D eigenvalue weighted by Gasteiger charge is -2.56. The third kappa shape index (κ3) is 2.47. The lowest BCUT2D eigenvalue weighted by Crippen LogP contribution is -2.54. The maximum Gasteiger partial charge on any atom is 0.137 e. The Morgan fingerprint density at radius 2 is 2.15 bits per heavy atom. The summed E-state index contributed by atoms with van der Waals surface area (Å²) in [5.74, 6) is 5.51. The van der Waals surface area contributed by atoms with Crippen molar-refractivity contribution in [2.75, 3.05) is 0 Å². The predicted octanol–water partition coefficient (Wildman–Crippen LogP) is 4.83. The Balaban J connectivity index is 1.74. The summed E-state index contributed by atoms with van der Waals surface area (Å²) in [6.07, 6.45) is 17.5. The van der Waals surface area contributed by atoms with Crippen LogP contribution in [0.2, 0.25) is 0 Å². The molecular formula is C24H32O2. The number of fused-ring (bicyclic) bond motifs is 4. The number of allylic oxidation sites excluding steroid dienone is 3. The zero-order chi connectivity index (χ0) is 18.5. The highest BCUT2D eigenvalue weighted by molar-refractivity contribution is 5.82. The summed E-state index contributed by atoms with van der Waals surface area (Å²) in [6, 6.07) is 0. The van der Waals surface area contributed by atoms with Gasteiger partial charge >= 0.3 is 0 Å². The second-order valence-corrected chi connectivity index (χ2v) is 9.47. The van der Waals surface area contributed by atoms with Crippen LogP contribution in [0.5, 0.6) is 0 Å². The van der Waals surface area contributed by atoms with E-state index in [0.717, 1.165) is 51.4 Å². The van der Waals surface area contributed by atoms with Gasteiger partial charge in [-0.15, -0.1) is 13.0 Å². The van der Waals surface area contributed by atoms with Gasteiger partial charge in [-0.2, -0.15) is 0 Å². The average molecular weight is 353 g/mol. The molecule has 2 saturated carbocycles. The monoisotopic (exact) mass is 352 g/mol. The lowest BCUT2D eigenvalue weighted by atomic mass is 9.48.